The SMILES string of the molecule is O=C(/C=C/c1ccc(Cl)cc1)OCc1cn(Cc2nccc3c2[nH]c2ccccc23)nn1. The predicted molar refractivity (Wildman–Crippen MR) is 123 cm³/mol. The summed E-state index contributed by atoms with van der Waals surface area (Å²) in [6.45, 7) is 0.482. The number of pyridine rings is 1. The van der Waals surface area contributed by atoms with E-state index in [4.69, 9.17) is 16.3 Å². The number of nitrogens with zero attached hydrogens (tertiary/aromatic N) is 4. The van der Waals surface area contributed by atoms with Crippen LogP contribution >= 0.6 is 11.6 Å². The molecule has 0 unspecified atom stereocenters. The van der Waals surface area contributed by atoms with E-state index >= 15 is 0 Å². The Morgan fingerprint density at radius 3 is 2.81 bits per heavy atom. The lowest BCUT2D eigenvalue weighted by Gasteiger charge is -2.02. The Kier molecular flexibility index (Phi) is 5.39. The average Bonchev–Trinajstić information content (AvgIpc) is 3.42. The Morgan fingerprint density at radius 1 is 1.09 bits per heavy atom. The molecule has 0 aliphatic heterocycles. The standard InChI is InChI=1S/C24H18ClN5O2/c25-17-8-5-16(6-9-17)7-10-23(31)32-15-18-13-30(29-28-18)14-22-24-20(11-12-26-22)19-3-1-2-4-21(19)27-24/h1-13,27H,14-15H2/b10-7+. The molecule has 0 aliphatic rings. The fourth-order valence-electron chi connectivity index (χ4n) is 3.52. The maximum atomic E-state index is 12.0. The minimum Gasteiger partial charge on any atom is -0.456 e. The number of halogens is 1. The number of esters is 1. The smallest absolute Gasteiger partial charge is 0.331 e. The van der Waals surface area contributed by atoms with E-state index in [9.17, 15) is 4.79 Å². The summed E-state index contributed by atoms with van der Waals surface area (Å²) >= 11 is 5.86. The topological polar surface area (TPSA) is 85.7 Å². The van der Waals surface area contributed by atoms with Crippen molar-refractivity contribution in [2.24, 2.45) is 0 Å². The molecule has 0 bridgehead atoms. The molecule has 0 spiro atoms. The monoisotopic (exact) mass is 443 g/mol. The van der Waals surface area contributed by atoms with Gasteiger partial charge in [-0.1, -0.05) is 47.1 Å². The first kappa shape index (κ1) is 20.0. The molecule has 0 fully saturated rings. The fraction of sp³-hybridized carbons (Fsp3) is 0.0833. The molecule has 1 N–H and O–H groups in total. The molecule has 3 heterocycles. The van der Waals surface area contributed by atoms with Gasteiger partial charge in [0.05, 0.1) is 24.0 Å². The van der Waals surface area contributed by atoms with Gasteiger partial charge in [0.25, 0.3) is 0 Å². The Morgan fingerprint density at radius 2 is 1.94 bits per heavy atom. The zero-order valence-corrected chi connectivity index (χ0v) is 17.7. The third-order valence-corrected chi connectivity index (χ3v) is 5.30. The van der Waals surface area contributed by atoms with Crippen molar-refractivity contribution >= 4 is 45.5 Å². The van der Waals surface area contributed by atoms with Gasteiger partial charge in [-0.15, -0.1) is 5.10 Å². The number of ether oxygens (including phenoxy) is 1. The van der Waals surface area contributed by atoms with Crippen molar-refractivity contribution in [3.05, 3.63) is 95.0 Å². The number of carbonyl (C=O) groups is 1. The van der Waals surface area contributed by atoms with Crippen LogP contribution in [0.1, 0.15) is 17.0 Å². The lowest BCUT2D eigenvalue weighted by atomic mass is 10.1. The van der Waals surface area contributed by atoms with Gasteiger partial charge in [0.1, 0.15) is 12.3 Å². The molecule has 0 saturated carbocycles. The van der Waals surface area contributed by atoms with Crippen LogP contribution in [0.5, 0.6) is 0 Å². The molecule has 5 aromatic rings. The second kappa shape index (κ2) is 8.64. The van der Waals surface area contributed by atoms with Crippen molar-refractivity contribution in [1.29, 1.82) is 0 Å². The van der Waals surface area contributed by atoms with Gasteiger partial charge in [-0.2, -0.15) is 0 Å². The largest absolute Gasteiger partial charge is 0.456 e. The highest BCUT2D eigenvalue weighted by molar-refractivity contribution is 6.30. The van der Waals surface area contributed by atoms with E-state index in [1.54, 1.807) is 35.3 Å². The van der Waals surface area contributed by atoms with Gasteiger partial charge in [0.15, 0.2) is 0 Å². The summed E-state index contributed by atoms with van der Waals surface area (Å²) in [5, 5.41) is 11.2. The van der Waals surface area contributed by atoms with Crippen molar-refractivity contribution < 1.29 is 9.53 Å². The summed E-state index contributed by atoms with van der Waals surface area (Å²) in [6.07, 6.45) is 6.58. The number of H-pyrrole nitrogens is 1. The second-order valence-corrected chi connectivity index (χ2v) is 7.69. The average molecular weight is 444 g/mol. The van der Waals surface area contributed by atoms with E-state index in [2.05, 4.69) is 26.3 Å². The van der Waals surface area contributed by atoms with Crippen LogP contribution in [0.3, 0.4) is 0 Å². The molecule has 32 heavy (non-hydrogen) atoms. The van der Waals surface area contributed by atoms with E-state index in [-0.39, 0.29) is 6.61 Å². The van der Waals surface area contributed by atoms with Gasteiger partial charge < -0.3 is 9.72 Å². The quantitative estimate of drug-likeness (QED) is 0.302. The van der Waals surface area contributed by atoms with E-state index in [1.807, 2.05) is 36.4 Å². The number of hydrogen-bond donors (Lipinski definition) is 1. The van der Waals surface area contributed by atoms with Gasteiger partial charge in [-0.25, -0.2) is 9.48 Å². The van der Waals surface area contributed by atoms with Crippen molar-refractivity contribution in [1.82, 2.24) is 25.0 Å². The highest BCUT2D eigenvalue weighted by atomic mass is 35.5. The van der Waals surface area contributed by atoms with Crippen molar-refractivity contribution in [3.63, 3.8) is 0 Å². The van der Waals surface area contributed by atoms with E-state index in [0.29, 0.717) is 17.3 Å². The minimum absolute atomic E-state index is 0.0355. The Balaban J connectivity index is 1.24. The van der Waals surface area contributed by atoms with Crippen LogP contribution in [0.25, 0.3) is 27.9 Å². The van der Waals surface area contributed by atoms with Gasteiger partial charge >= 0.3 is 5.97 Å². The van der Waals surface area contributed by atoms with Gasteiger partial charge in [-0.05, 0) is 35.9 Å². The number of rotatable bonds is 6. The highest BCUT2D eigenvalue weighted by Crippen LogP contribution is 2.26. The first-order valence-electron chi connectivity index (χ1n) is 9.99. The summed E-state index contributed by atoms with van der Waals surface area (Å²) in [6, 6.07) is 17.3. The number of nitrogens with one attached hydrogen (secondary N) is 1. The lowest BCUT2D eigenvalue weighted by molar-refractivity contribution is -0.139. The molecule has 0 radical (unpaired) electrons. The third-order valence-electron chi connectivity index (χ3n) is 5.05. The third kappa shape index (κ3) is 4.24. The first-order valence-corrected chi connectivity index (χ1v) is 10.4. The number of fused-ring (bicyclic) bond motifs is 3. The number of aromatic amines is 1. The van der Waals surface area contributed by atoms with Gasteiger partial charge in [0.2, 0.25) is 0 Å². The Labute approximate surface area is 188 Å². The minimum atomic E-state index is -0.459. The summed E-state index contributed by atoms with van der Waals surface area (Å²) in [7, 11) is 0. The normalized spacial score (nSPS) is 11.5. The summed E-state index contributed by atoms with van der Waals surface area (Å²) in [5.41, 5.74) is 4.31. The van der Waals surface area contributed by atoms with E-state index < -0.39 is 5.97 Å². The lowest BCUT2D eigenvalue weighted by Crippen LogP contribution is -2.03. The molecule has 5 rings (SSSR count). The number of benzene rings is 2. The molecule has 158 valence electrons. The molecule has 0 amide bonds. The maximum Gasteiger partial charge on any atom is 0.331 e. The Hall–Kier alpha value is -3.97. The van der Waals surface area contributed by atoms with Crippen LogP contribution in [-0.4, -0.2) is 30.9 Å². The predicted octanol–water partition coefficient (Wildman–Crippen LogP) is 4.77. The maximum absolute atomic E-state index is 12.0. The van der Waals surface area contributed by atoms with Crippen LogP contribution in [-0.2, 0) is 22.7 Å². The highest BCUT2D eigenvalue weighted by Gasteiger charge is 2.11. The van der Waals surface area contributed by atoms with Crippen LogP contribution in [0, 0.1) is 0 Å². The second-order valence-electron chi connectivity index (χ2n) is 7.25. The molecule has 3 aromatic heterocycles. The van der Waals surface area contributed by atoms with Gasteiger partial charge in [0, 0.05) is 33.6 Å². The number of para-hydroxylation sites is 1. The number of hydrogen-bond acceptors (Lipinski definition) is 5. The molecule has 8 heteroatoms. The zero-order chi connectivity index (χ0) is 21.9. The van der Waals surface area contributed by atoms with Gasteiger partial charge in [-0.3, -0.25) is 4.98 Å². The van der Waals surface area contributed by atoms with Crippen LogP contribution in [0.2, 0.25) is 5.02 Å². The van der Waals surface area contributed by atoms with Crippen molar-refractivity contribution in [2.45, 2.75) is 13.2 Å². The molecular weight excluding hydrogens is 426 g/mol. The Bertz CT molecular complexity index is 1440. The molecule has 0 atom stereocenters. The molecule has 0 aliphatic carbocycles. The summed E-state index contributed by atoms with van der Waals surface area (Å²) < 4.78 is 6.94. The summed E-state index contributed by atoms with van der Waals surface area (Å²) in [4.78, 5) is 19.9. The molecular formula is C24H18ClN5O2. The van der Waals surface area contributed by atoms with E-state index in [1.165, 1.54) is 6.08 Å². The van der Waals surface area contributed by atoms with Crippen LogP contribution < -0.4 is 0 Å². The number of aromatic nitrogens is 5. The molecule has 2 aromatic carbocycles. The number of carbonyl (C=O) groups excluding carboxylic acids is 1. The van der Waals surface area contributed by atoms with E-state index in [0.717, 1.165) is 33.1 Å². The zero-order valence-electron chi connectivity index (χ0n) is 16.9. The van der Waals surface area contributed by atoms with Crippen LogP contribution in [0.4, 0.5) is 0 Å². The molecule has 0 saturated heterocycles. The van der Waals surface area contributed by atoms with Crippen molar-refractivity contribution in [3.8, 4) is 0 Å². The molecule has 7 nitrogen and oxygen atoms in total. The first-order chi connectivity index (χ1) is 15.7. The summed E-state index contributed by atoms with van der Waals surface area (Å²) in [5.74, 6) is -0.459. The fourth-order valence-corrected chi connectivity index (χ4v) is 3.64. The van der Waals surface area contributed by atoms with Crippen molar-refractivity contribution in [2.75, 3.05) is 0 Å². The van der Waals surface area contributed by atoms with Crippen LogP contribution in [0.15, 0.2) is 73.1 Å².